The van der Waals surface area contributed by atoms with E-state index in [1.807, 2.05) is 0 Å². The van der Waals surface area contributed by atoms with Gasteiger partial charge >= 0.3 is 18.0 Å². The molecule has 2 amide bonds. The molecule has 0 aliphatic rings. The van der Waals surface area contributed by atoms with Crippen LogP contribution in [0.1, 0.15) is 11.1 Å². The summed E-state index contributed by atoms with van der Waals surface area (Å²) in [6.07, 6.45) is -4.07. The molecule has 2 N–H and O–H groups in total. The maximum atomic E-state index is 12.8. The molecule has 0 saturated heterocycles. The van der Waals surface area contributed by atoms with Crippen LogP contribution in [-0.2, 0) is 22.2 Å². The summed E-state index contributed by atoms with van der Waals surface area (Å²) in [5.41, 5.74) is 0.00535. The molecule has 0 atom stereocenters. The van der Waals surface area contributed by atoms with Crippen LogP contribution in [0.4, 0.5) is 23.2 Å². The van der Waals surface area contributed by atoms with E-state index in [9.17, 15) is 27.2 Å². The Morgan fingerprint density at radius 2 is 1.48 bits per heavy atom. The molecule has 0 saturated carbocycles. The predicted octanol–water partition coefficient (Wildman–Crippen LogP) is 3.14. The molecule has 0 fully saturated rings. The maximum Gasteiger partial charge on any atom is 0.416 e. The number of hydrogen-bond donors (Lipinski definition) is 2. The highest BCUT2D eigenvalue weighted by Gasteiger charge is 2.30. The molecule has 0 unspecified atom stereocenters. The number of rotatable bonds is 4. The molecule has 0 heterocycles. The highest BCUT2D eigenvalue weighted by atomic mass is 19.4. The van der Waals surface area contributed by atoms with E-state index in [2.05, 4.69) is 10.6 Å². The monoisotopic (exact) mass is 354 g/mol. The minimum absolute atomic E-state index is 0.0756. The third kappa shape index (κ3) is 5.59. The number of carbonyl (C=O) groups excluding carboxylic acids is 2. The minimum Gasteiger partial charge on any atom is -0.347 e. The zero-order valence-electron chi connectivity index (χ0n) is 12.9. The average molecular weight is 354 g/mol. The summed E-state index contributed by atoms with van der Waals surface area (Å²) in [4.78, 5) is 23.3. The fraction of sp³-hybridized carbons (Fsp3) is 0.176. The van der Waals surface area contributed by atoms with E-state index in [1.54, 1.807) is 12.1 Å². The Morgan fingerprint density at radius 1 is 0.880 bits per heavy atom. The lowest BCUT2D eigenvalue weighted by molar-refractivity contribution is -0.137. The van der Waals surface area contributed by atoms with Crippen LogP contribution in [0.25, 0.3) is 0 Å². The molecule has 0 aromatic heterocycles. The zero-order chi connectivity index (χ0) is 18.4. The molecule has 2 rings (SSSR count). The summed E-state index contributed by atoms with van der Waals surface area (Å²) in [5, 5.41) is 4.59. The van der Waals surface area contributed by atoms with Crippen LogP contribution in [0.3, 0.4) is 0 Å². The van der Waals surface area contributed by atoms with Gasteiger partial charge in [-0.3, -0.25) is 9.59 Å². The summed E-state index contributed by atoms with van der Waals surface area (Å²) in [6.45, 7) is 0.158. The maximum absolute atomic E-state index is 12.8. The molecule has 8 heteroatoms. The smallest absolute Gasteiger partial charge is 0.347 e. The first-order chi connectivity index (χ1) is 11.8. The molecule has 132 valence electrons. The fourth-order valence-corrected chi connectivity index (χ4v) is 1.98. The molecule has 2 aromatic rings. The number of nitrogens with one attached hydrogen (secondary N) is 2. The van der Waals surface area contributed by atoms with Gasteiger partial charge in [0.2, 0.25) is 0 Å². The van der Waals surface area contributed by atoms with Crippen LogP contribution >= 0.6 is 0 Å². The molecule has 4 nitrogen and oxygen atoms in total. The van der Waals surface area contributed by atoms with Crippen LogP contribution in [-0.4, -0.2) is 18.4 Å². The number of carbonyl (C=O) groups is 2. The van der Waals surface area contributed by atoms with Gasteiger partial charge in [-0.15, -0.1) is 0 Å². The Bertz CT molecular complexity index is 741. The van der Waals surface area contributed by atoms with Gasteiger partial charge in [-0.2, -0.15) is 13.2 Å². The second-order valence-corrected chi connectivity index (χ2v) is 5.16. The van der Waals surface area contributed by atoms with E-state index in [0.717, 1.165) is 29.8 Å². The van der Waals surface area contributed by atoms with Crippen molar-refractivity contribution < 1.29 is 27.2 Å². The Kier molecular flexibility index (Phi) is 5.74. The SMILES string of the molecule is O=C(NCCc1ccc(F)cc1)C(=O)Nc1ccc(C(F)(F)F)cc1. The van der Waals surface area contributed by atoms with Crippen molar-refractivity contribution in [2.75, 3.05) is 11.9 Å². The van der Waals surface area contributed by atoms with Crippen LogP contribution in [0.5, 0.6) is 0 Å². The van der Waals surface area contributed by atoms with Gasteiger partial charge in [-0.1, -0.05) is 12.1 Å². The largest absolute Gasteiger partial charge is 0.416 e. The third-order valence-corrected chi connectivity index (χ3v) is 3.29. The van der Waals surface area contributed by atoms with Crippen molar-refractivity contribution in [1.29, 1.82) is 0 Å². The molecular weight excluding hydrogens is 340 g/mol. The zero-order valence-corrected chi connectivity index (χ0v) is 12.9. The Labute approximate surface area is 140 Å². The second-order valence-electron chi connectivity index (χ2n) is 5.16. The van der Waals surface area contributed by atoms with Gasteiger partial charge in [-0.05, 0) is 48.4 Å². The molecule has 0 radical (unpaired) electrons. The van der Waals surface area contributed by atoms with Crippen LogP contribution in [0.2, 0.25) is 0 Å². The lowest BCUT2D eigenvalue weighted by Crippen LogP contribution is -2.36. The number of alkyl halides is 3. The van der Waals surface area contributed by atoms with Gasteiger partial charge in [0.1, 0.15) is 5.82 Å². The van der Waals surface area contributed by atoms with Crippen molar-refractivity contribution in [1.82, 2.24) is 5.32 Å². The standard InChI is InChI=1S/C17H14F4N2O2/c18-13-5-1-11(2-6-13)9-10-22-15(24)16(25)23-14-7-3-12(4-8-14)17(19,20)21/h1-8H,9-10H2,(H,22,24)(H,23,25). The first-order valence-electron chi connectivity index (χ1n) is 7.26. The first-order valence-corrected chi connectivity index (χ1v) is 7.26. The second kappa shape index (κ2) is 7.78. The van der Waals surface area contributed by atoms with Crippen molar-refractivity contribution >= 4 is 17.5 Å². The minimum atomic E-state index is -4.47. The highest BCUT2D eigenvalue weighted by Crippen LogP contribution is 2.29. The Hall–Kier alpha value is -2.90. The van der Waals surface area contributed by atoms with E-state index >= 15 is 0 Å². The number of benzene rings is 2. The summed E-state index contributed by atoms with van der Waals surface area (Å²) >= 11 is 0. The van der Waals surface area contributed by atoms with Crippen LogP contribution in [0.15, 0.2) is 48.5 Å². The quantitative estimate of drug-likeness (QED) is 0.655. The van der Waals surface area contributed by atoms with Crippen molar-refractivity contribution in [3.05, 3.63) is 65.5 Å². The Balaban J connectivity index is 1.81. The molecule has 0 spiro atoms. The molecule has 0 aliphatic carbocycles. The van der Waals surface area contributed by atoms with E-state index in [-0.39, 0.29) is 18.0 Å². The van der Waals surface area contributed by atoms with E-state index in [4.69, 9.17) is 0 Å². The average Bonchev–Trinajstić information content (AvgIpc) is 2.56. The van der Waals surface area contributed by atoms with Gasteiger partial charge in [-0.25, -0.2) is 4.39 Å². The summed E-state index contributed by atoms with van der Waals surface area (Å²) in [6, 6.07) is 9.43. The number of hydrogen-bond acceptors (Lipinski definition) is 2. The molecule has 0 aliphatic heterocycles. The lowest BCUT2D eigenvalue weighted by Gasteiger charge is -2.09. The fourth-order valence-electron chi connectivity index (χ4n) is 1.98. The van der Waals surface area contributed by atoms with Gasteiger partial charge in [0.25, 0.3) is 0 Å². The molecule has 25 heavy (non-hydrogen) atoms. The van der Waals surface area contributed by atoms with Crippen molar-refractivity contribution in [3.8, 4) is 0 Å². The van der Waals surface area contributed by atoms with Crippen molar-refractivity contribution in [2.45, 2.75) is 12.6 Å². The van der Waals surface area contributed by atoms with E-state index < -0.39 is 23.6 Å². The van der Waals surface area contributed by atoms with E-state index in [1.165, 1.54) is 12.1 Å². The van der Waals surface area contributed by atoms with Gasteiger partial charge in [0, 0.05) is 12.2 Å². The van der Waals surface area contributed by atoms with Gasteiger partial charge < -0.3 is 10.6 Å². The first kappa shape index (κ1) is 18.4. The lowest BCUT2D eigenvalue weighted by atomic mass is 10.1. The highest BCUT2D eigenvalue weighted by molar-refractivity contribution is 6.39. The van der Waals surface area contributed by atoms with Crippen molar-refractivity contribution in [2.24, 2.45) is 0 Å². The van der Waals surface area contributed by atoms with Gasteiger partial charge in [0.15, 0.2) is 0 Å². The summed E-state index contributed by atoms with van der Waals surface area (Å²) in [5.74, 6) is -2.27. The van der Waals surface area contributed by atoms with E-state index in [0.29, 0.717) is 6.42 Å². The normalized spacial score (nSPS) is 11.0. The van der Waals surface area contributed by atoms with Crippen LogP contribution in [0, 0.1) is 5.82 Å². The topological polar surface area (TPSA) is 58.2 Å². The summed E-state index contributed by atoms with van der Waals surface area (Å²) < 4.78 is 50.1. The van der Waals surface area contributed by atoms with Crippen LogP contribution < -0.4 is 10.6 Å². The number of amides is 2. The molecular formula is C17H14F4N2O2. The Morgan fingerprint density at radius 3 is 2.04 bits per heavy atom. The molecule has 0 bridgehead atoms. The predicted molar refractivity (Wildman–Crippen MR) is 83.2 cm³/mol. The molecule has 2 aromatic carbocycles. The van der Waals surface area contributed by atoms with Gasteiger partial charge in [0.05, 0.1) is 5.56 Å². The number of halogens is 4. The number of anilines is 1. The van der Waals surface area contributed by atoms with Crippen molar-refractivity contribution in [3.63, 3.8) is 0 Å². The third-order valence-electron chi connectivity index (χ3n) is 3.29. The summed E-state index contributed by atoms with van der Waals surface area (Å²) in [7, 11) is 0.